The molecule has 0 atom stereocenters. The number of carbonyl (C=O) groups is 4. The van der Waals surface area contributed by atoms with E-state index in [1.54, 1.807) is 0 Å². The molecule has 0 saturated heterocycles. The van der Waals surface area contributed by atoms with Crippen LogP contribution in [0.2, 0.25) is 0 Å². The fourth-order valence-corrected chi connectivity index (χ4v) is 41.5. The summed E-state index contributed by atoms with van der Waals surface area (Å²) in [5.74, 6) is 0. The van der Waals surface area contributed by atoms with Gasteiger partial charge in [0.05, 0.1) is 0 Å². The van der Waals surface area contributed by atoms with E-state index < -0.39 is 25.0 Å². The zero-order valence-corrected chi connectivity index (χ0v) is 18.9. The molecule has 0 radical (unpaired) electrons. The Labute approximate surface area is 165 Å². The molecule has 3 aromatic carbocycles. The molecule has 0 saturated carbocycles. The van der Waals surface area contributed by atoms with Gasteiger partial charge < -0.3 is 0 Å². The van der Waals surface area contributed by atoms with Gasteiger partial charge >= 0.3 is 166 Å². The first-order chi connectivity index (χ1) is 13.6. The quantitative estimate of drug-likeness (QED) is 0.323. The van der Waals surface area contributed by atoms with E-state index in [9.17, 15) is 19.2 Å². The van der Waals surface area contributed by atoms with Gasteiger partial charge in [0, 0.05) is 0 Å². The molecule has 0 heterocycles. The first-order valence-corrected chi connectivity index (χ1v) is 20.0. The van der Waals surface area contributed by atoms with E-state index in [2.05, 4.69) is 0 Å². The van der Waals surface area contributed by atoms with E-state index in [4.69, 9.17) is 0 Å². The molecule has 0 aliphatic rings. The zero-order valence-electron chi connectivity index (χ0n) is 15.0. The van der Waals surface area contributed by atoms with E-state index in [0.717, 1.165) is 10.5 Å². The third-order valence-corrected chi connectivity index (χ3v) is 43.4. The maximum absolute atomic E-state index is 12.6. The van der Waals surface area contributed by atoms with Crippen molar-refractivity contribution in [3.05, 3.63) is 91.0 Å². The topological polar surface area (TPSA) is 68.3 Å². The van der Waals surface area contributed by atoms with Gasteiger partial charge in [-0.15, -0.1) is 0 Å². The Hall–Kier alpha value is -2.32. The summed E-state index contributed by atoms with van der Waals surface area (Å²) in [6, 6.07) is 27.4. The van der Waals surface area contributed by atoms with Gasteiger partial charge in [0.2, 0.25) is 0 Å². The predicted molar refractivity (Wildman–Crippen MR) is 112 cm³/mol. The molecule has 3 rings (SSSR count). The predicted octanol–water partition coefficient (Wildman–Crippen LogP) is 0.836. The van der Waals surface area contributed by atoms with Crippen LogP contribution in [0.1, 0.15) is 0 Å². The second-order valence-corrected chi connectivity index (χ2v) is 34.5. The van der Waals surface area contributed by atoms with Crippen LogP contribution < -0.4 is 10.5 Å². The summed E-state index contributed by atoms with van der Waals surface area (Å²) in [5, 5.41) is 1.61. The maximum atomic E-state index is 12.6. The molecular formula is C22H20FeO4Sb. The molecule has 28 heavy (non-hydrogen) atoms. The van der Waals surface area contributed by atoms with Gasteiger partial charge in [-0.25, -0.2) is 0 Å². The molecule has 0 spiro atoms. The van der Waals surface area contributed by atoms with Gasteiger partial charge in [-0.1, -0.05) is 0 Å². The summed E-state index contributed by atoms with van der Waals surface area (Å²) >= 11 is -4.78. The average Bonchev–Trinajstić information content (AvgIpc) is 2.80. The van der Waals surface area contributed by atoms with Gasteiger partial charge in [-0.05, 0) is 0 Å². The Morgan fingerprint density at radius 1 is 0.464 bits per heavy atom. The molecule has 145 valence electrons. The second-order valence-electron chi connectivity index (χ2n) is 6.19. The van der Waals surface area contributed by atoms with Gasteiger partial charge in [0.15, 0.2) is 0 Å². The molecule has 0 amide bonds. The van der Waals surface area contributed by atoms with Crippen LogP contribution in [0.15, 0.2) is 91.0 Å². The SMILES string of the molecule is O=[CH][Fe]([CH]=O)([CH]=O)([CH]=O)[SbH]([c]1ccccc1)([c]1ccccc1)[c]1ccccc1. The van der Waals surface area contributed by atoms with Gasteiger partial charge in [-0.3, -0.25) is 0 Å². The van der Waals surface area contributed by atoms with Crippen molar-refractivity contribution in [1.82, 2.24) is 0 Å². The average molecular weight is 526 g/mol. The van der Waals surface area contributed by atoms with Gasteiger partial charge in [0.25, 0.3) is 0 Å². The summed E-state index contributed by atoms with van der Waals surface area (Å²) in [6.45, 7) is 0. The van der Waals surface area contributed by atoms with E-state index >= 15 is 0 Å². The number of hydrogen-bond donors (Lipinski definition) is 0. The number of rotatable bonds is 8. The van der Waals surface area contributed by atoms with Crippen LogP contribution in [-0.2, 0) is 27.6 Å². The molecular weight excluding hydrogens is 506 g/mol. The van der Waals surface area contributed by atoms with Crippen molar-refractivity contribution < 1.29 is 27.6 Å². The van der Waals surface area contributed by atoms with Crippen molar-refractivity contribution >= 4 is 47.8 Å². The van der Waals surface area contributed by atoms with Crippen LogP contribution in [0.3, 0.4) is 0 Å². The van der Waals surface area contributed by atoms with E-state index in [-0.39, 0.29) is 0 Å². The molecule has 0 aromatic heterocycles. The van der Waals surface area contributed by atoms with Crippen LogP contribution in [0.5, 0.6) is 0 Å². The van der Waals surface area contributed by atoms with Crippen molar-refractivity contribution in [2.45, 2.75) is 0 Å². The van der Waals surface area contributed by atoms with Crippen molar-refractivity contribution in [3.63, 3.8) is 0 Å². The minimum atomic E-state index is -4.93. The van der Waals surface area contributed by atoms with E-state index in [1.807, 2.05) is 91.0 Å². The number of hydrogen-bond acceptors (Lipinski definition) is 4. The molecule has 0 unspecified atom stereocenters. The Morgan fingerprint density at radius 2 is 0.714 bits per heavy atom. The van der Waals surface area contributed by atoms with E-state index in [0.29, 0.717) is 20.7 Å². The summed E-state index contributed by atoms with van der Waals surface area (Å²) in [5.41, 5.74) is 0. The third-order valence-electron chi connectivity index (χ3n) is 4.85. The Morgan fingerprint density at radius 3 is 0.929 bits per heavy atom. The molecule has 0 bridgehead atoms. The molecule has 0 aliphatic carbocycles. The molecule has 3 aromatic rings. The standard InChI is InChI=1S/3C6H5.4CHO.Fe.Sb.H/c3*1-2-4-6-5-3-1;4*1-2;;;/h3*1-5H;4*1H;;;. The summed E-state index contributed by atoms with van der Waals surface area (Å²) in [6.07, 6.45) is 0. The zero-order chi connectivity index (χ0) is 20.1. The molecule has 0 aliphatic heterocycles. The molecule has 4 nitrogen and oxygen atoms in total. The normalized spacial score (nSPS) is 13.5. The number of carbonyl (C=O) groups excluding carboxylic acids is 4. The Kier molecular flexibility index (Phi) is 5.81. The van der Waals surface area contributed by atoms with Crippen molar-refractivity contribution in [2.24, 2.45) is 0 Å². The van der Waals surface area contributed by atoms with E-state index in [1.165, 1.54) is 0 Å². The Bertz CT molecular complexity index is 866. The van der Waals surface area contributed by atoms with Crippen molar-refractivity contribution in [2.75, 3.05) is 0 Å². The summed E-state index contributed by atoms with van der Waals surface area (Å²) < 4.78 is 2.24. The van der Waals surface area contributed by atoms with Crippen LogP contribution in [0, 0.1) is 0 Å². The van der Waals surface area contributed by atoms with Crippen molar-refractivity contribution in [1.29, 1.82) is 0 Å². The van der Waals surface area contributed by atoms with Gasteiger partial charge in [-0.2, -0.15) is 0 Å². The van der Waals surface area contributed by atoms with Crippen LogP contribution in [0.25, 0.3) is 0 Å². The van der Waals surface area contributed by atoms with Crippen LogP contribution >= 0.6 is 0 Å². The summed E-state index contributed by atoms with van der Waals surface area (Å²) in [4.78, 5) is 50.5. The van der Waals surface area contributed by atoms with Crippen molar-refractivity contribution in [3.8, 4) is 0 Å². The Balaban J connectivity index is 2.68. The summed E-state index contributed by atoms with van der Waals surface area (Å²) in [7, 11) is -4.93. The van der Waals surface area contributed by atoms with Crippen LogP contribution in [-0.4, -0.2) is 37.3 Å². The number of benzene rings is 3. The monoisotopic (exact) mass is 525 g/mol. The molecule has 0 fully saturated rings. The third kappa shape index (κ3) is 2.66. The minimum absolute atomic E-state index is 0.402. The first kappa shape index (κ1) is 20.4. The molecule has 6 heteroatoms. The fourth-order valence-electron chi connectivity index (χ4n) is 3.57. The second kappa shape index (κ2) is 7.96. The molecule has 0 N–H and O–H groups in total. The van der Waals surface area contributed by atoms with Gasteiger partial charge in [0.1, 0.15) is 0 Å². The first-order valence-electron chi connectivity index (χ1n) is 8.42. The fraction of sp³-hybridized carbons (Fsp3) is 0. The van der Waals surface area contributed by atoms with Crippen LogP contribution in [0.4, 0.5) is 0 Å².